The highest BCUT2D eigenvalue weighted by molar-refractivity contribution is 8.00. The second kappa shape index (κ2) is 10.8. The van der Waals surface area contributed by atoms with E-state index in [0.29, 0.717) is 66.6 Å². The quantitative estimate of drug-likeness (QED) is 0.388. The minimum absolute atomic E-state index is 0.0437. The van der Waals surface area contributed by atoms with Gasteiger partial charge in [0.1, 0.15) is 16.9 Å². The molecule has 0 aliphatic carbocycles. The van der Waals surface area contributed by atoms with Crippen LogP contribution in [-0.4, -0.2) is 76.9 Å². The number of anilines is 2. The molecule has 1 unspecified atom stereocenters. The van der Waals surface area contributed by atoms with Crippen molar-refractivity contribution in [2.75, 3.05) is 50.2 Å². The van der Waals surface area contributed by atoms with E-state index in [1.165, 1.54) is 11.8 Å². The number of piperidine rings is 1. The molecule has 3 aromatic rings. The summed E-state index contributed by atoms with van der Waals surface area (Å²) in [4.78, 5) is 41.8. The molecule has 37 heavy (non-hydrogen) atoms. The average molecular weight is 541 g/mol. The Hall–Kier alpha value is -2.93. The molecular weight excluding hydrogens is 512 g/mol. The highest BCUT2D eigenvalue weighted by Crippen LogP contribution is 2.34. The second-order valence-corrected chi connectivity index (χ2v) is 10.6. The first-order chi connectivity index (χ1) is 17.9. The predicted octanol–water partition coefficient (Wildman–Crippen LogP) is 3.17. The fourth-order valence-corrected chi connectivity index (χ4v) is 5.71. The maximum absolute atomic E-state index is 13.4. The number of likely N-dealkylation sites (tertiary alicyclic amines) is 1. The SMILES string of the molecule is COc1ccc2nccc(NC(=O)C3(OC)CCN(CC(S)c4ccc5c(n4)NC(=O)CS5)CC3)c2n1. The zero-order chi connectivity index (χ0) is 26.0. The molecule has 0 spiro atoms. The molecule has 2 amide bonds. The summed E-state index contributed by atoms with van der Waals surface area (Å²) in [5, 5.41) is 5.71. The Kier molecular flexibility index (Phi) is 7.52. The number of hydrogen-bond acceptors (Lipinski definition) is 10. The molecule has 1 atom stereocenters. The number of pyridine rings is 3. The normalized spacial score (nSPS) is 18.1. The Morgan fingerprint density at radius 3 is 2.78 bits per heavy atom. The van der Waals surface area contributed by atoms with Crippen molar-refractivity contribution in [3.63, 3.8) is 0 Å². The van der Waals surface area contributed by atoms with Gasteiger partial charge in [0, 0.05) is 39.0 Å². The van der Waals surface area contributed by atoms with Crippen LogP contribution in [0, 0.1) is 0 Å². The Morgan fingerprint density at radius 2 is 2.03 bits per heavy atom. The third-order valence-corrected chi connectivity index (χ3v) is 8.23. The van der Waals surface area contributed by atoms with Crippen LogP contribution in [0.25, 0.3) is 11.0 Å². The minimum atomic E-state index is -0.956. The Bertz CT molecular complexity index is 1330. The smallest absolute Gasteiger partial charge is 0.256 e. The Balaban J connectivity index is 1.23. The highest BCUT2D eigenvalue weighted by Gasteiger charge is 2.42. The number of fused-ring (bicyclic) bond motifs is 2. The molecule has 12 heteroatoms. The fourth-order valence-electron chi connectivity index (χ4n) is 4.58. The number of ether oxygens (including phenoxy) is 2. The monoisotopic (exact) mass is 540 g/mol. The van der Waals surface area contributed by atoms with Crippen molar-refractivity contribution in [1.82, 2.24) is 19.9 Å². The molecule has 5 rings (SSSR count). The molecule has 1 saturated heterocycles. The van der Waals surface area contributed by atoms with Crippen molar-refractivity contribution in [2.24, 2.45) is 0 Å². The number of thiol groups is 1. The molecule has 10 nitrogen and oxygen atoms in total. The number of nitrogens with zero attached hydrogens (tertiary/aromatic N) is 4. The number of carbonyl (C=O) groups excluding carboxylic acids is 2. The number of carbonyl (C=O) groups is 2. The first-order valence-corrected chi connectivity index (χ1v) is 13.4. The molecule has 3 aromatic heterocycles. The molecule has 0 radical (unpaired) electrons. The topological polar surface area (TPSA) is 119 Å². The lowest BCUT2D eigenvalue weighted by molar-refractivity contribution is -0.143. The second-order valence-electron chi connectivity index (χ2n) is 8.97. The van der Waals surface area contributed by atoms with E-state index in [4.69, 9.17) is 22.1 Å². The maximum atomic E-state index is 13.4. The predicted molar refractivity (Wildman–Crippen MR) is 145 cm³/mol. The van der Waals surface area contributed by atoms with Crippen molar-refractivity contribution < 1.29 is 19.1 Å². The summed E-state index contributed by atoms with van der Waals surface area (Å²) in [6.07, 6.45) is 2.69. The summed E-state index contributed by atoms with van der Waals surface area (Å²) in [5.41, 5.74) is 1.63. The first-order valence-electron chi connectivity index (χ1n) is 11.9. The number of methoxy groups -OCH3 is 2. The van der Waals surface area contributed by atoms with Crippen LogP contribution in [0.4, 0.5) is 11.5 Å². The molecule has 5 heterocycles. The van der Waals surface area contributed by atoms with E-state index in [0.717, 1.165) is 10.6 Å². The molecule has 0 aromatic carbocycles. The van der Waals surface area contributed by atoms with Crippen molar-refractivity contribution in [2.45, 2.75) is 28.6 Å². The van der Waals surface area contributed by atoms with E-state index in [9.17, 15) is 9.59 Å². The van der Waals surface area contributed by atoms with E-state index in [1.54, 1.807) is 38.6 Å². The van der Waals surface area contributed by atoms with Gasteiger partial charge in [-0.3, -0.25) is 14.6 Å². The Morgan fingerprint density at radius 1 is 1.22 bits per heavy atom. The number of amides is 2. The minimum Gasteiger partial charge on any atom is -0.481 e. The lowest BCUT2D eigenvalue weighted by Gasteiger charge is -2.40. The van der Waals surface area contributed by atoms with E-state index in [2.05, 4.69) is 30.5 Å². The largest absolute Gasteiger partial charge is 0.481 e. The number of thioether (sulfide) groups is 1. The fraction of sp³-hybridized carbons (Fsp3) is 0.400. The third kappa shape index (κ3) is 5.37. The maximum Gasteiger partial charge on any atom is 0.256 e. The van der Waals surface area contributed by atoms with Crippen LogP contribution in [0.1, 0.15) is 23.8 Å². The highest BCUT2D eigenvalue weighted by atomic mass is 32.2. The average Bonchev–Trinajstić information content (AvgIpc) is 2.93. The van der Waals surface area contributed by atoms with Crippen LogP contribution in [-0.2, 0) is 14.3 Å². The van der Waals surface area contributed by atoms with E-state index in [1.807, 2.05) is 12.1 Å². The standard InChI is InChI=1S/C25H28N6O4S2/c1-34-21-6-4-16-22(30-21)17(7-10-26-16)28-24(33)25(35-2)8-11-31(12-9-25)13-18(36)15-3-5-19-23(27-15)29-20(32)14-37-19/h3-7,10,18,36H,8-9,11-14H2,1-2H3,(H,26,28,33)(H,27,29,32). The van der Waals surface area contributed by atoms with Gasteiger partial charge in [0.05, 0.1) is 39.9 Å². The van der Waals surface area contributed by atoms with Crippen molar-refractivity contribution in [3.05, 3.63) is 42.2 Å². The molecule has 1 fully saturated rings. The van der Waals surface area contributed by atoms with Crippen LogP contribution < -0.4 is 15.4 Å². The van der Waals surface area contributed by atoms with Crippen LogP contribution in [0.5, 0.6) is 5.88 Å². The van der Waals surface area contributed by atoms with Crippen LogP contribution in [0.3, 0.4) is 0 Å². The molecule has 194 valence electrons. The number of aromatic nitrogens is 3. The summed E-state index contributed by atoms with van der Waals surface area (Å²) in [6.45, 7) is 1.99. The molecular formula is C25H28N6O4S2. The zero-order valence-electron chi connectivity index (χ0n) is 20.6. The van der Waals surface area contributed by atoms with E-state index in [-0.39, 0.29) is 17.1 Å². The van der Waals surface area contributed by atoms with Gasteiger partial charge in [-0.2, -0.15) is 12.6 Å². The lowest BCUT2D eigenvalue weighted by Crippen LogP contribution is -2.53. The molecule has 2 aliphatic heterocycles. The van der Waals surface area contributed by atoms with Crippen LogP contribution in [0.2, 0.25) is 0 Å². The summed E-state index contributed by atoms with van der Waals surface area (Å²) in [5.74, 6) is 1.20. The molecule has 0 saturated carbocycles. The molecule has 2 N–H and O–H groups in total. The number of hydrogen-bond donors (Lipinski definition) is 3. The van der Waals surface area contributed by atoms with Gasteiger partial charge in [-0.25, -0.2) is 9.97 Å². The van der Waals surface area contributed by atoms with Gasteiger partial charge in [-0.1, -0.05) is 0 Å². The zero-order valence-corrected chi connectivity index (χ0v) is 22.3. The van der Waals surface area contributed by atoms with Crippen LogP contribution >= 0.6 is 24.4 Å². The van der Waals surface area contributed by atoms with Gasteiger partial charge in [0.2, 0.25) is 11.8 Å². The van der Waals surface area contributed by atoms with Crippen molar-refractivity contribution in [3.8, 4) is 5.88 Å². The van der Waals surface area contributed by atoms with Crippen molar-refractivity contribution >= 4 is 58.7 Å². The van der Waals surface area contributed by atoms with Gasteiger partial charge >= 0.3 is 0 Å². The first kappa shape index (κ1) is 25.7. The van der Waals surface area contributed by atoms with Gasteiger partial charge in [0.15, 0.2) is 0 Å². The van der Waals surface area contributed by atoms with Crippen LogP contribution in [0.15, 0.2) is 41.4 Å². The summed E-state index contributed by atoms with van der Waals surface area (Å²) in [6, 6.07) is 9.20. The van der Waals surface area contributed by atoms with E-state index < -0.39 is 5.60 Å². The molecule has 2 aliphatic rings. The number of rotatable bonds is 7. The van der Waals surface area contributed by atoms with Gasteiger partial charge in [0.25, 0.3) is 5.91 Å². The van der Waals surface area contributed by atoms with Gasteiger partial charge in [-0.05, 0) is 37.1 Å². The molecule has 0 bridgehead atoms. The lowest BCUT2D eigenvalue weighted by atomic mass is 9.89. The van der Waals surface area contributed by atoms with Gasteiger partial charge in [-0.15, -0.1) is 11.8 Å². The Labute approximate surface area is 224 Å². The van der Waals surface area contributed by atoms with Gasteiger partial charge < -0.3 is 25.0 Å². The van der Waals surface area contributed by atoms with E-state index >= 15 is 0 Å². The summed E-state index contributed by atoms with van der Waals surface area (Å²) < 4.78 is 11.0. The van der Waals surface area contributed by atoms with Crippen molar-refractivity contribution in [1.29, 1.82) is 0 Å². The summed E-state index contributed by atoms with van der Waals surface area (Å²) >= 11 is 6.27. The summed E-state index contributed by atoms with van der Waals surface area (Å²) in [7, 11) is 3.12. The number of nitrogens with one attached hydrogen (secondary N) is 2. The third-order valence-electron chi connectivity index (χ3n) is 6.75.